The monoisotopic (exact) mass is 338 g/mol. The molecule has 0 aliphatic rings. The molecule has 1 amide bonds. The van der Waals surface area contributed by atoms with Gasteiger partial charge in [-0.1, -0.05) is 12.1 Å². The molecule has 1 N–H and O–H groups in total. The molecule has 0 unspecified atom stereocenters. The molecule has 0 atom stereocenters. The van der Waals surface area contributed by atoms with Crippen LogP contribution in [0.2, 0.25) is 0 Å². The van der Waals surface area contributed by atoms with E-state index in [9.17, 15) is 10.1 Å². The van der Waals surface area contributed by atoms with E-state index in [1.807, 2.05) is 6.07 Å². The molecule has 0 radical (unpaired) electrons. The van der Waals surface area contributed by atoms with E-state index < -0.39 is 5.91 Å². The lowest BCUT2D eigenvalue weighted by molar-refractivity contribution is -0.112. The van der Waals surface area contributed by atoms with Crippen LogP contribution >= 0.6 is 0 Å². The van der Waals surface area contributed by atoms with Crippen LogP contribution in [0.4, 0.5) is 5.69 Å². The zero-order valence-corrected chi connectivity index (χ0v) is 14.2. The minimum Gasteiger partial charge on any atom is -0.497 e. The van der Waals surface area contributed by atoms with E-state index in [4.69, 9.17) is 14.2 Å². The number of para-hydroxylation sites is 2. The van der Waals surface area contributed by atoms with Crippen LogP contribution < -0.4 is 19.5 Å². The highest BCUT2D eigenvalue weighted by molar-refractivity contribution is 6.10. The Morgan fingerprint density at radius 1 is 1.04 bits per heavy atom. The van der Waals surface area contributed by atoms with Crippen LogP contribution in [0.1, 0.15) is 5.56 Å². The van der Waals surface area contributed by atoms with E-state index in [1.165, 1.54) is 27.4 Å². The van der Waals surface area contributed by atoms with Crippen LogP contribution in [-0.2, 0) is 4.79 Å². The van der Waals surface area contributed by atoms with Crippen LogP contribution in [0.25, 0.3) is 6.08 Å². The van der Waals surface area contributed by atoms with Gasteiger partial charge in [-0.05, 0) is 35.9 Å². The average molecular weight is 338 g/mol. The van der Waals surface area contributed by atoms with Crippen molar-refractivity contribution in [2.45, 2.75) is 0 Å². The lowest BCUT2D eigenvalue weighted by Crippen LogP contribution is -2.14. The highest BCUT2D eigenvalue weighted by Gasteiger charge is 2.12. The lowest BCUT2D eigenvalue weighted by atomic mass is 10.1. The number of hydrogen-bond donors (Lipinski definition) is 1. The van der Waals surface area contributed by atoms with Gasteiger partial charge in [-0.2, -0.15) is 5.26 Å². The summed E-state index contributed by atoms with van der Waals surface area (Å²) in [6.45, 7) is 0. The van der Waals surface area contributed by atoms with Crippen molar-refractivity contribution in [3.05, 3.63) is 53.6 Å². The van der Waals surface area contributed by atoms with E-state index >= 15 is 0 Å². The highest BCUT2D eigenvalue weighted by atomic mass is 16.5. The number of amides is 1. The maximum absolute atomic E-state index is 12.4. The van der Waals surface area contributed by atoms with Crippen molar-refractivity contribution in [1.82, 2.24) is 0 Å². The smallest absolute Gasteiger partial charge is 0.266 e. The number of carbonyl (C=O) groups is 1. The standard InChI is InChI=1S/C19H18N2O4/c1-23-15-9-13(10-16(11-15)24-2)8-14(12-20)19(22)21-17-6-4-5-7-18(17)25-3/h4-11H,1-3H3,(H,21,22)/b14-8+. The topological polar surface area (TPSA) is 80.6 Å². The zero-order valence-electron chi connectivity index (χ0n) is 14.2. The molecule has 0 aromatic heterocycles. The van der Waals surface area contributed by atoms with Crippen LogP contribution in [0.15, 0.2) is 48.0 Å². The van der Waals surface area contributed by atoms with Crippen LogP contribution in [-0.4, -0.2) is 27.2 Å². The first-order valence-corrected chi connectivity index (χ1v) is 7.40. The third kappa shape index (κ3) is 4.52. The van der Waals surface area contributed by atoms with Crippen LogP contribution in [0, 0.1) is 11.3 Å². The molecule has 6 nitrogen and oxygen atoms in total. The average Bonchev–Trinajstić information content (AvgIpc) is 2.65. The molecule has 25 heavy (non-hydrogen) atoms. The molecule has 2 aromatic carbocycles. The second-order valence-electron chi connectivity index (χ2n) is 4.97. The molecule has 0 spiro atoms. The largest absolute Gasteiger partial charge is 0.497 e. The van der Waals surface area contributed by atoms with Gasteiger partial charge in [-0.15, -0.1) is 0 Å². The van der Waals surface area contributed by atoms with Gasteiger partial charge in [0.2, 0.25) is 0 Å². The van der Waals surface area contributed by atoms with Gasteiger partial charge in [-0.25, -0.2) is 0 Å². The predicted molar refractivity (Wildman–Crippen MR) is 94.8 cm³/mol. The van der Waals surface area contributed by atoms with E-state index in [1.54, 1.807) is 42.5 Å². The Balaban J connectivity index is 2.31. The summed E-state index contributed by atoms with van der Waals surface area (Å²) < 4.78 is 15.6. The Morgan fingerprint density at radius 2 is 1.68 bits per heavy atom. The number of nitrogens with zero attached hydrogens (tertiary/aromatic N) is 1. The molecule has 128 valence electrons. The third-order valence-corrected chi connectivity index (χ3v) is 3.41. The number of nitrogens with one attached hydrogen (secondary N) is 1. The van der Waals surface area contributed by atoms with Gasteiger partial charge in [0.1, 0.15) is 28.9 Å². The third-order valence-electron chi connectivity index (χ3n) is 3.41. The molecule has 0 bridgehead atoms. The number of ether oxygens (including phenoxy) is 3. The number of hydrogen-bond acceptors (Lipinski definition) is 5. The number of methoxy groups -OCH3 is 3. The fourth-order valence-electron chi connectivity index (χ4n) is 2.17. The number of rotatable bonds is 6. The molecule has 2 aromatic rings. The van der Waals surface area contributed by atoms with Crippen molar-refractivity contribution >= 4 is 17.7 Å². The Labute approximate surface area is 146 Å². The van der Waals surface area contributed by atoms with Crippen LogP contribution in [0.5, 0.6) is 17.2 Å². The normalized spacial score (nSPS) is 10.6. The summed E-state index contributed by atoms with van der Waals surface area (Å²) in [6, 6.07) is 14.0. The van der Waals surface area contributed by atoms with Gasteiger partial charge in [0, 0.05) is 6.07 Å². The van der Waals surface area contributed by atoms with E-state index in [0.29, 0.717) is 28.5 Å². The highest BCUT2D eigenvalue weighted by Crippen LogP contribution is 2.26. The Kier molecular flexibility index (Phi) is 6.02. The number of anilines is 1. The van der Waals surface area contributed by atoms with Gasteiger partial charge in [-0.3, -0.25) is 4.79 Å². The second-order valence-corrected chi connectivity index (χ2v) is 4.97. The van der Waals surface area contributed by atoms with Gasteiger partial charge in [0.05, 0.1) is 27.0 Å². The molecule has 0 heterocycles. The quantitative estimate of drug-likeness (QED) is 0.646. The second kappa shape index (κ2) is 8.41. The van der Waals surface area contributed by atoms with E-state index in [-0.39, 0.29) is 5.57 Å². The first-order valence-electron chi connectivity index (χ1n) is 7.40. The van der Waals surface area contributed by atoms with Crippen molar-refractivity contribution in [3.8, 4) is 23.3 Å². The summed E-state index contributed by atoms with van der Waals surface area (Å²) in [4.78, 5) is 12.4. The number of nitriles is 1. The van der Waals surface area contributed by atoms with Gasteiger partial charge >= 0.3 is 0 Å². The zero-order chi connectivity index (χ0) is 18.2. The molecule has 0 aliphatic carbocycles. The van der Waals surface area contributed by atoms with Gasteiger partial charge in [0.25, 0.3) is 5.91 Å². The Bertz CT molecular complexity index is 815. The van der Waals surface area contributed by atoms with Crippen molar-refractivity contribution in [2.75, 3.05) is 26.6 Å². The summed E-state index contributed by atoms with van der Waals surface area (Å²) in [6.07, 6.45) is 1.47. The molecule has 0 fully saturated rings. The fourth-order valence-corrected chi connectivity index (χ4v) is 2.17. The van der Waals surface area contributed by atoms with Crippen molar-refractivity contribution in [2.24, 2.45) is 0 Å². The first kappa shape index (κ1) is 17.9. The summed E-state index contributed by atoms with van der Waals surface area (Å²) in [5.74, 6) is 1.10. The summed E-state index contributed by atoms with van der Waals surface area (Å²) in [7, 11) is 4.57. The SMILES string of the molecule is COc1cc(/C=C(\C#N)C(=O)Nc2ccccc2OC)cc(OC)c1. The molecular weight excluding hydrogens is 320 g/mol. The van der Waals surface area contributed by atoms with Crippen LogP contribution in [0.3, 0.4) is 0 Å². The Morgan fingerprint density at radius 3 is 2.24 bits per heavy atom. The predicted octanol–water partition coefficient (Wildman–Crippen LogP) is 3.26. The summed E-state index contributed by atoms with van der Waals surface area (Å²) in [5, 5.41) is 12.0. The van der Waals surface area contributed by atoms with E-state index in [2.05, 4.69) is 5.32 Å². The maximum Gasteiger partial charge on any atom is 0.266 e. The molecule has 0 saturated heterocycles. The summed E-state index contributed by atoms with van der Waals surface area (Å²) >= 11 is 0. The van der Waals surface area contributed by atoms with Gasteiger partial charge in [0.15, 0.2) is 0 Å². The maximum atomic E-state index is 12.4. The Hall–Kier alpha value is -3.46. The van der Waals surface area contributed by atoms with E-state index in [0.717, 1.165) is 0 Å². The molecule has 6 heteroatoms. The fraction of sp³-hybridized carbons (Fsp3) is 0.158. The van der Waals surface area contributed by atoms with Crippen molar-refractivity contribution in [1.29, 1.82) is 5.26 Å². The minimum absolute atomic E-state index is 0.0544. The first-order chi connectivity index (χ1) is 12.1. The molecule has 0 aliphatic heterocycles. The molecule has 0 saturated carbocycles. The molecule has 2 rings (SSSR count). The van der Waals surface area contributed by atoms with Crippen molar-refractivity contribution in [3.63, 3.8) is 0 Å². The number of carbonyl (C=O) groups excluding carboxylic acids is 1. The van der Waals surface area contributed by atoms with Crippen molar-refractivity contribution < 1.29 is 19.0 Å². The van der Waals surface area contributed by atoms with Gasteiger partial charge < -0.3 is 19.5 Å². The number of benzene rings is 2. The minimum atomic E-state index is -0.534. The molecular formula is C19H18N2O4. The lowest BCUT2D eigenvalue weighted by Gasteiger charge is -2.09. The summed E-state index contributed by atoms with van der Waals surface area (Å²) in [5.41, 5.74) is 1.04.